The van der Waals surface area contributed by atoms with Crippen LogP contribution in [0.15, 0.2) is 0 Å². The van der Waals surface area contributed by atoms with Gasteiger partial charge in [-0.3, -0.25) is 9.59 Å². The molecule has 0 aliphatic carbocycles. The first-order valence-electron chi connectivity index (χ1n) is 6.27. The largest absolute Gasteiger partial charge is 1.00 e. The molecule has 0 aromatic rings. The Bertz CT molecular complexity index is 187. The third-order valence-corrected chi connectivity index (χ3v) is 2.16. The number of rotatable bonds is 9. The number of carbonyl (C=O) groups is 2. The second-order valence-electron chi connectivity index (χ2n) is 3.94. The summed E-state index contributed by atoms with van der Waals surface area (Å²) in [6.45, 7) is 6.08. The first-order valence-corrected chi connectivity index (χ1v) is 6.27. The van der Waals surface area contributed by atoms with E-state index in [1.807, 2.05) is 0 Å². The van der Waals surface area contributed by atoms with E-state index in [2.05, 4.69) is 13.8 Å². The van der Waals surface area contributed by atoms with Crippen molar-refractivity contribution in [3.8, 4) is 0 Å². The summed E-state index contributed by atoms with van der Waals surface area (Å²) in [6, 6.07) is 0. The molecule has 0 saturated carbocycles. The normalized spacial score (nSPS) is 8.32. The maximum absolute atomic E-state index is 9.43. The molecule has 0 aromatic carbocycles. The molecule has 0 fully saturated rings. The number of hydrogen-bond donors (Lipinski definition) is 2. The van der Waals surface area contributed by atoms with Crippen LogP contribution in [0.3, 0.4) is 0 Å². The monoisotopic (exact) mass is 276 g/mol. The Morgan fingerprint density at radius 1 is 0.947 bits per heavy atom. The molecule has 0 unspecified atom stereocenters. The van der Waals surface area contributed by atoms with Gasteiger partial charge < -0.3 is 18.6 Å². The van der Waals surface area contributed by atoms with Crippen molar-refractivity contribution in [3.63, 3.8) is 0 Å². The predicted molar refractivity (Wildman–Crippen MR) is 69.0 cm³/mol. The molecule has 0 aromatic heterocycles. The van der Waals surface area contributed by atoms with Crippen LogP contribution in [0.5, 0.6) is 0 Å². The Labute approximate surface area is 152 Å². The molecule has 0 spiro atoms. The zero-order chi connectivity index (χ0) is 13.5. The average molecular weight is 276 g/mol. The Kier molecular flexibility index (Phi) is 34.6. The van der Waals surface area contributed by atoms with E-state index in [0.717, 1.165) is 6.42 Å². The van der Waals surface area contributed by atoms with Crippen LogP contribution in [0.2, 0.25) is 0 Å². The number of aliphatic carboxylic acids is 2. The van der Waals surface area contributed by atoms with Crippen molar-refractivity contribution >= 4 is 11.9 Å². The zero-order valence-electron chi connectivity index (χ0n) is 13.8. The minimum atomic E-state index is -1.31. The SMILES string of the molecule is O=C(O)CC(=O)O.[CH2-]CCCCCCCCC.[H-].[Li+].[Na+]. The first-order chi connectivity index (χ1) is 8.04. The fraction of sp³-hybridized carbons (Fsp3) is 0.769. The third-order valence-electron chi connectivity index (χ3n) is 2.16. The summed E-state index contributed by atoms with van der Waals surface area (Å²) >= 11 is 0. The van der Waals surface area contributed by atoms with Crippen LogP contribution >= 0.6 is 0 Å². The van der Waals surface area contributed by atoms with Gasteiger partial charge in [-0.15, -0.1) is 0 Å². The van der Waals surface area contributed by atoms with Gasteiger partial charge in [0, 0.05) is 0 Å². The van der Waals surface area contributed by atoms with Crippen LogP contribution in [0.25, 0.3) is 0 Å². The van der Waals surface area contributed by atoms with Gasteiger partial charge in [-0.2, -0.15) is 6.42 Å². The van der Waals surface area contributed by atoms with Crippen molar-refractivity contribution in [2.24, 2.45) is 0 Å². The van der Waals surface area contributed by atoms with Gasteiger partial charge in [0.25, 0.3) is 0 Å². The van der Waals surface area contributed by atoms with E-state index in [0.29, 0.717) is 0 Å². The van der Waals surface area contributed by atoms with Gasteiger partial charge in [-0.25, -0.2) is 0 Å². The standard InChI is InChI=1S/C10H21.C3H4O4.Li.Na.H/c1-3-5-7-9-10-8-6-4-2;4-2(5)1-3(6)7;;;/h1,3-10H2,2H3;1H2,(H,4,5)(H,6,7);;;/q-1;;2*+1;-1. The summed E-state index contributed by atoms with van der Waals surface area (Å²) in [5.41, 5.74) is 0. The molecule has 104 valence electrons. The molecule has 6 heteroatoms. The molecule has 19 heavy (non-hydrogen) atoms. The van der Waals surface area contributed by atoms with Gasteiger partial charge in [0.05, 0.1) is 0 Å². The van der Waals surface area contributed by atoms with Crippen LogP contribution in [0, 0.1) is 6.92 Å². The molecule has 0 atom stereocenters. The molecular weight excluding hydrogens is 250 g/mol. The van der Waals surface area contributed by atoms with E-state index >= 15 is 0 Å². The first kappa shape index (κ1) is 27.8. The molecule has 0 rings (SSSR count). The van der Waals surface area contributed by atoms with Gasteiger partial charge in [-0.1, -0.05) is 51.9 Å². The van der Waals surface area contributed by atoms with Crippen LogP contribution in [0.1, 0.15) is 66.1 Å². The molecule has 0 amide bonds. The molecule has 2 N–H and O–H groups in total. The summed E-state index contributed by atoms with van der Waals surface area (Å²) in [4.78, 5) is 18.9. The molecule has 0 aliphatic rings. The Balaban J connectivity index is -0.0000000681. The minimum Gasteiger partial charge on any atom is -1.00 e. The molecule has 0 saturated heterocycles. The topological polar surface area (TPSA) is 74.6 Å². The van der Waals surface area contributed by atoms with Crippen molar-refractivity contribution < 1.29 is 69.6 Å². The van der Waals surface area contributed by atoms with Gasteiger partial charge in [0.15, 0.2) is 0 Å². The van der Waals surface area contributed by atoms with Crippen molar-refractivity contribution in [3.05, 3.63) is 6.92 Å². The summed E-state index contributed by atoms with van der Waals surface area (Å²) < 4.78 is 0. The summed E-state index contributed by atoms with van der Waals surface area (Å²) in [6.07, 6.45) is 10.1. The Hall–Kier alpha value is 0.537. The van der Waals surface area contributed by atoms with E-state index in [1.165, 1.54) is 44.9 Å². The second kappa shape index (κ2) is 23.6. The molecule has 0 bridgehead atoms. The van der Waals surface area contributed by atoms with Crippen molar-refractivity contribution in [2.75, 3.05) is 0 Å². The predicted octanol–water partition coefficient (Wildman–Crippen LogP) is -2.37. The summed E-state index contributed by atoms with van der Waals surface area (Å²) in [5, 5.41) is 15.4. The van der Waals surface area contributed by atoms with E-state index in [1.54, 1.807) is 0 Å². The van der Waals surface area contributed by atoms with E-state index in [4.69, 9.17) is 10.2 Å². The Morgan fingerprint density at radius 2 is 1.32 bits per heavy atom. The smallest absolute Gasteiger partial charge is 1.00 e. The van der Waals surface area contributed by atoms with Gasteiger partial charge >= 0.3 is 60.4 Å². The zero-order valence-corrected chi connectivity index (χ0v) is 14.8. The number of hydrogen-bond acceptors (Lipinski definition) is 2. The van der Waals surface area contributed by atoms with Crippen LogP contribution in [0.4, 0.5) is 0 Å². The minimum absolute atomic E-state index is 0. The molecular formula is C13H26LiNaO4. The maximum Gasteiger partial charge on any atom is 1.00 e. The van der Waals surface area contributed by atoms with Crippen molar-refractivity contribution in [1.29, 1.82) is 0 Å². The van der Waals surface area contributed by atoms with Gasteiger partial charge in [-0.05, 0) is 0 Å². The average Bonchev–Trinajstić information content (AvgIpc) is 2.22. The van der Waals surface area contributed by atoms with Gasteiger partial charge in [0.2, 0.25) is 0 Å². The van der Waals surface area contributed by atoms with Crippen molar-refractivity contribution in [1.82, 2.24) is 0 Å². The fourth-order valence-electron chi connectivity index (χ4n) is 1.26. The molecule has 0 aliphatic heterocycles. The maximum atomic E-state index is 9.43. The summed E-state index contributed by atoms with van der Waals surface area (Å²) in [7, 11) is 0. The van der Waals surface area contributed by atoms with Crippen molar-refractivity contribution in [2.45, 2.75) is 64.7 Å². The Morgan fingerprint density at radius 3 is 1.58 bits per heavy atom. The third kappa shape index (κ3) is 38.1. The van der Waals surface area contributed by atoms with Crippen LogP contribution < -0.4 is 48.4 Å². The van der Waals surface area contributed by atoms with Crippen LogP contribution in [-0.4, -0.2) is 22.2 Å². The number of carboxylic acids is 2. The van der Waals surface area contributed by atoms with Gasteiger partial charge in [0.1, 0.15) is 6.42 Å². The fourth-order valence-corrected chi connectivity index (χ4v) is 1.26. The van der Waals surface area contributed by atoms with Crippen LogP contribution in [-0.2, 0) is 9.59 Å². The second-order valence-corrected chi connectivity index (χ2v) is 3.94. The quantitative estimate of drug-likeness (QED) is 0.214. The van der Waals surface area contributed by atoms with E-state index < -0.39 is 18.4 Å². The molecule has 0 heterocycles. The van der Waals surface area contributed by atoms with E-state index in [-0.39, 0.29) is 49.8 Å². The number of carboxylic acid groups (broad SMARTS) is 2. The summed E-state index contributed by atoms with van der Waals surface area (Å²) in [5.74, 6) is -2.62. The number of unbranched alkanes of at least 4 members (excludes halogenated alkanes) is 7. The molecule has 0 radical (unpaired) electrons. The molecule has 4 nitrogen and oxygen atoms in total. The van der Waals surface area contributed by atoms with E-state index in [9.17, 15) is 9.59 Å².